The second-order valence-corrected chi connectivity index (χ2v) is 7.00. The van der Waals surface area contributed by atoms with Crippen LogP contribution in [0.5, 0.6) is 0 Å². The highest BCUT2D eigenvalue weighted by molar-refractivity contribution is 5.54. The average Bonchev–Trinajstić information content (AvgIpc) is 2.34. The van der Waals surface area contributed by atoms with Crippen LogP contribution >= 0.6 is 0 Å². The van der Waals surface area contributed by atoms with E-state index in [-0.39, 0.29) is 23.6 Å². The molecule has 1 N–H and O–H groups in total. The molecule has 0 saturated carbocycles. The van der Waals surface area contributed by atoms with Gasteiger partial charge >= 0.3 is 0 Å². The summed E-state index contributed by atoms with van der Waals surface area (Å²) in [5.41, 5.74) is 1.69. The molecule has 0 unspecified atom stereocenters. The first-order valence-corrected chi connectivity index (χ1v) is 7.69. The molecule has 0 radical (unpaired) electrons. The van der Waals surface area contributed by atoms with Gasteiger partial charge in [-0.3, -0.25) is 0 Å². The zero-order valence-corrected chi connectivity index (χ0v) is 13.7. The molecule has 1 heterocycles. The van der Waals surface area contributed by atoms with Gasteiger partial charge in [-0.25, -0.2) is 4.39 Å². The van der Waals surface area contributed by atoms with Gasteiger partial charge in [-0.1, -0.05) is 6.07 Å². The van der Waals surface area contributed by atoms with Crippen molar-refractivity contribution in [3.8, 4) is 0 Å². The van der Waals surface area contributed by atoms with Crippen molar-refractivity contribution in [2.75, 3.05) is 18.0 Å². The van der Waals surface area contributed by atoms with Crippen LogP contribution in [-0.4, -0.2) is 30.8 Å². The fraction of sp³-hybridized carbons (Fsp3) is 0.647. The van der Waals surface area contributed by atoms with Crippen LogP contribution in [-0.2, 0) is 11.3 Å². The molecule has 3 nitrogen and oxygen atoms in total. The lowest BCUT2D eigenvalue weighted by molar-refractivity contribution is -0.00529. The Kier molecular flexibility index (Phi) is 4.89. The van der Waals surface area contributed by atoms with Gasteiger partial charge in [-0.05, 0) is 46.8 Å². The van der Waals surface area contributed by atoms with Crippen LogP contribution in [0.2, 0.25) is 0 Å². The number of hydrogen-bond acceptors (Lipinski definition) is 3. The number of hydrogen-bond donors (Lipinski definition) is 1. The zero-order chi connectivity index (χ0) is 15.6. The van der Waals surface area contributed by atoms with E-state index >= 15 is 0 Å². The van der Waals surface area contributed by atoms with Crippen molar-refractivity contribution < 1.29 is 9.13 Å². The summed E-state index contributed by atoms with van der Waals surface area (Å²) in [7, 11) is 0. The lowest BCUT2D eigenvalue weighted by Crippen LogP contribution is -2.46. The largest absolute Gasteiger partial charge is 0.372 e. The summed E-state index contributed by atoms with van der Waals surface area (Å²) in [4.78, 5) is 2.24. The lowest BCUT2D eigenvalue weighted by Gasteiger charge is -2.38. The van der Waals surface area contributed by atoms with Crippen molar-refractivity contribution >= 4 is 5.69 Å². The van der Waals surface area contributed by atoms with Crippen LogP contribution in [0, 0.1) is 5.82 Å². The van der Waals surface area contributed by atoms with Crippen LogP contribution in [0.3, 0.4) is 0 Å². The Bertz CT molecular complexity index is 474. The number of ether oxygens (including phenoxy) is 1. The summed E-state index contributed by atoms with van der Waals surface area (Å²) in [6.07, 6.45) is 0.334. The maximum atomic E-state index is 14.3. The van der Waals surface area contributed by atoms with E-state index in [1.54, 1.807) is 6.07 Å². The highest BCUT2D eigenvalue weighted by Crippen LogP contribution is 2.27. The van der Waals surface area contributed by atoms with Gasteiger partial charge in [0.15, 0.2) is 0 Å². The van der Waals surface area contributed by atoms with Crippen molar-refractivity contribution in [1.29, 1.82) is 0 Å². The van der Waals surface area contributed by atoms with Crippen molar-refractivity contribution in [3.05, 3.63) is 29.6 Å². The smallest absolute Gasteiger partial charge is 0.129 e. The first kappa shape index (κ1) is 16.2. The molecular weight excluding hydrogens is 267 g/mol. The highest BCUT2D eigenvalue weighted by Gasteiger charge is 2.25. The number of nitrogens with zero attached hydrogens (tertiary/aromatic N) is 1. The Morgan fingerprint density at radius 3 is 2.43 bits per heavy atom. The van der Waals surface area contributed by atoms with Gasteiger partial charge in [-0.15, -0.1) is 0 Å². The van der Waals surface area contributed by atoms with Crippen molar-refractivity contribution in [3.63, 3.8) is 0 Å². The minimum Gasteiger partial charge on any atom is -0.372 e. The first-order valence-electron chi connectivity index (χ1n) is 7.69. The molecular formula is C17H27FN2O. The number of benzene rings is 1. The minimum absolute atomic E-state index is 0.0366. The molecule has 1 aromatic rings. The molecule has 2 atom stereocenters. The van der Waals surface area contributed by atoms with E-state index < -0.39 is 0 Å². The predicted molar refractivity (Wildman–Crippen MR) is 85.2 cm³/mol. The molecule has 0 bridgehead atoms. The SMILES string of the molecule is C[C@@H]1CN(c2cccc(F)c2CNC(C)(C)C)C[C@H](C)O1. The first-order chi connectivity index (χ1) is 9.76. The maximum Gasteiger partial charge on any atom is 0.129 e. The van der Waals surface area contributed by atoms with Crippen molar-refractivity contribution in [2.45, 2.75) is 58.9 Å². The molecule has 1 aliphatic heterocycles. The van der Waals surface area contributed by atoms with Crippen molar-refractivity contribution in [1.82, 2.24) is 5.32 Å². The summed E-state index contributed by atoms with van der Waals surface area (Å²) in [5.74, 6) is -0.143. The molecule has 118 valence electrons. The van der Waals surface area contributed by atoms with E-state index in [2.05, 4.69) is 44.8 Å². The van der Waals surface area contributed by atoms with Crippen LogP contribution in [0.15, 0.2) is 18.2 Å². The average molecular weight is 294 g/mol. The molecule has 2 rings (SSSR count). The van der Waals surface area contributed by atoms with Crippen LogP contribution in [0.1, 0.15) is 40.2 Å². The molecule has 21 heavy (non-hydrogen) atoms. The Balaban J connectivity index is 2.24. The Morgan fingerprint density at radius 1 is 1.24 bits per heavy atom. The van der Waals surface area contributed by atoms with Gasteiger partial charge < -0.3 is 15.0 Å². The quantitative estimate of drug-likeness (QED) is 0.925. The molecule has 1 fully saturated rings. The van der Waals surface area contributed by atoms with Crippen molar-refractivity contribution in [2.24, 2.45) is 0 Å². The third-order valence-electron chi connectivity index (χ3n) is 3.65. The molecule has 4 heteroatoms. The highest BCUT2D eigenvalue weighted by atomic mass is 19.1. The van der Waals surface area contributed by atoms with Gasteiger partial charge in [0.25, 0.3) is 0 Å². The molecule has 1 aromatic carbocycles. The summed E-state index contributed by atoms with van der Waals surface area (Å²) < 4.78 is 20.0. The lowest BCUT2D eigenvalue weighted by atomic mass is 10.1. The minimum atomic E-state index is -0.143. The maximum absolute atomic E-state index is 14.3. The van der Waals surface area contributed by atoms with E-state index in [0.29, 0.717) is 6.54 Å². The van der Waals surface area contributed by atoms with Gasteiger partial charge in [0.1, 0.15) is 5.82 Å². The molecule has 0 aromatic heterocycles. The third-order valence-corrected chi connectivity index (χ3v) is 3.65. The van der Waals surface area contributed by atoms with E-state index in [4.69, 9.17) is 4.74 Å². The van der Waals surface area contributed by atoms with E-state index in [1.807, 2.05) is 6.07 Å². The van der Waals surface area contributed by atoms with E-state index in [1.165, 1.54) is 6.07 Å². The van der Waals surface area contributed by atoms with E-state index in [0.717, 1.165) is 24.3 Å². The van der Waals surface area contributed by atoms with Gasteiger partial charge in [0, 0.05) is 36.4 Å². The standard InChI is InChI=1S/C17H27FN2O/c1-12-10-20(11-13(2)21-12)16-8-6-7-15(18)14(16)9-19-17(3,4)5/h6-8,12-13,19H,9-11H2,1-5H3/t12-,13+. The van der Waals surface area contributed by atoms with Gasteiger partial charge in [0.05, 0.1) is 12.2 Å². The summed E-state index contributed by atoms with van der Waals surface area (Å²) in [6.45, 7) is 12.5. The summed E-state index contributed by atoms with van der Waals surface area (Å²) in [5, 5.41) is 3.38. The van der Waals surface area contributed by atoms with E-state index in [9.17, 15) is 4.39 Å². The topological polar surface area (TPSA) is 24.5 Å². The number of halogens is 1. The van der Waals surface area contributed by atoms with Gasteiger partial charge in [0.2, 0.25) is 0 Å². The summed E-state index contributed by atoms with van der Waals surface area (Å²) in [6, 6.07) is 5.33. The second-order valence-electron chi connectivity index (χ2n) is 7.00. The third kappa shape index (κ3) is 4.42. The summed E-state index contributed by atoms with van der Waals surface area (Å²) >= 11 is 0. The second kappa shape index (κ2) is 6.32. The fourth-order valence-corrected chi connectivity index (χ4v) is 2.75. The monoisotopic (exact) mass is 294 g/mol. The van der Waals surface area contributed by atoms with Crippen LogP contribution < -0.4 is 10.2 Å². The fourth-order valence-electron chi connectivity index (χ4n) is 2.75. The van der Waals surface area contributed by atoms with Crippen LogP contribution in [0.25, 0.3) is 0 Å². The number of morpholine rings is 1. The molecule has 1 saturated heterocycles. The zero-order valence-electron chi connectivity index (χ0n) is 13.7. The molecule has 0 amide bonds. The molecule has 0 spiro atoms. The van der Waals surface area contributed by atoms with Gasteiger partial charge in [-0.2, -0.15) is 0 Å². The predicted octanol–water partition coefficient (Wildman–Crippen LogP) is 3.33. The molecule has 1 aliphatic rings. The Labute approximate surface area is 127 Å². The number of nitrogens with one attached hydrogen (secondary N) is 1. The number of anilines is 1. The normalized spacial score (nSPS) is 23.4. The Hall–Kier alpha value is -1.13. The molecule has 0 aliphatic carbocycles. The van der Waals surface area contributed by atoms with Crippen LogP contribution in [0.4, 0.5) is 10.1 Å². The number of rotatable bonds is 3. The Morgan fingerprint density at radius 2 is 1.86 bits per heavy atom.